The highest BCUT2D eigenvalue weighted by atomic mass is 32.2. The van der Waals surface area contributed by atoms with Crippen LogP contribution in [0, 0.1) is 0 Å². The lowest BCUT2D eigenvalue weighted by Crippen LogP contribution is -2.29. The van der Waals surface area contributed by atoms with Crippen LogP contribution in [0.4, 0.5) is 34.1 Å². The molecule has 8 rings (SSSR count). The minimum atomic E-state index is -4.86. The van der Waals surface area contributed by atoms with Crippen molar-refractivity contribution in [3.05, 3.63) is 108 Å². The molecule has 0 spiro atoms. The molecule has 6 aromatic rings. The van der Waals surface area contributed by atoms with E-state index >= 15 is 0 Å². The molecule has 288 valence electrons. The number of fused-ring (bicyclic) bond motifs is 4. The lowest BCUT2D eigenvalue weighted by atomic mass is 10.1. The highest BCUT2D eigenvalue weighted by Crippen LogP contribution is 2.39. The molecule has 8 N–H and O–H groups in total. The van der Waals surface area contributed by atoms with E-state index < -0.39 is 50.3 Å². The number of hydrogen-bond donors (Lipinski definition) is 8. The second kappa shape index (κ2) is 12.8. The highest BCUT2D eigenvalue weighted by Gasteiger charge is 2.25. The van der Waals surface area contributed by atoms with Crippen LogP contribution < -0.4 is 31.9 Å². The van der Waals surface area contributed by atoms with Crippen molar-refractivity contribution in [3.63, 3.8) is 0 Å². The fourth-order valence-electron chi connectivity index (χ4n) is 6.26. The monoisotopic (exact) mass is 838 g/mol. The maximum atomic E-state index is 12.6. The smallest absolute Gasteiger partial charge is 0.282 e. The summed E-state index contributed by atoms with van der Waals surface area (Å²) in [5.74, 6) is 0. The van der Waals surface area contributed by atoms with Crippen LogP contribution >= 0.6 is 0 Å². The number of anilines is 6. The van der Waals surface area contributed by atoms with E-state index in [0.717, 1.165) is 12.1 Å². The van der Waals surface area contributed by atoms with Crippen LogP contribution in [0.15, 0.2) is 117 Å². The first-order valence-electron chi connectivity index (χ1n) is 15.9. The maximum absolute atomic E-state index is 12.6. The Hall–Kier alpha value is -5.98. The summed E-state index contributed by atoms with van der Waals surface area (Å²) in [5.41, 5.74) is 14.5. The van der Waals surface area contributed by atoms with Crippen molar-refractivity contribution in [2.45, 2.75) is 19.6 Å². The summed E-state index contributed by atoms with van der Waals surface area (Å²) in [5, 5.41) is 4.93. The largest absolute Gasteiger partial charge is 0.295 e. The average Bonchev–Trinajstić information content (AvgIpc) is 3.73. The molecule has 0 fully saturated rings. The molecule has 0 saturated heterocycles. The Bertz CT molecular complexity index is 2970. The van der Waals surface area contributed by atoms with Crippen LogP contribution in [-0.4, -0.2) is 51.9 Å². The molecule has 0 atom stereocenters. The Morgan fingerprint density at radius 1 is 0.393 bits per heavy atom. The third-order valence-corrected chi connectivity index (χ3v) is 12.4. The molecule has 0 aromatic heterocycles. The van der Waals surface area contributed by atoms with Gasteiger partial charge in [0, 0.05) is 0 Å². The molecule has 56 heavy (non-hydrogen) atoms. The minimum Gasteiger partial charge on any atom is -0.282 e. The molecular formula is C34H26N6O12S4. The molecule has 0 radical (unpaired) electrons. The average molecular weight is 839 g/mol. The number of hydrogen-bond acceptors (Lipinski definition) is 14. The van der Waals surface area contributed by atoms with Crippen molar-refractivity contribution in [2.75, 3.05) is 31.9 Å². The van der Waals surface area contributed by atoms with E-state index in [1.165, 1.54) is 83.1 Å². The van der Waals surface area contributed by atoms with Gasteiger partial charge in [-0.3, -0.25) is 39.9 Å². The van der Waals surface area contributed by atoms with Gasteiger partial charge in [-0.15, -0.1) is 0 Å². The van der Waals surface area contributed by atoms with Crippen LogP contribution in [0.25, 0.3) is 33.7 Å². The van der Waals surface area contributed by atoms with E-state index in [-0.39, 0.29) is 32.3 Å². The normalized spacial score (nSPS) is 14.4. The van der Waals surface area contributed by atoms with Gasteiger partial charge in [-0.25, -0.2) is 0 Å². The van der Waals surface area contributed by atoms with Gasteiger partial charge in [0.25, 0.3) is 40.5 Å². The number of hydrazine groups is 4. The topological polar surface area (TPSA) is 272 Å². The summed E-state index contributed by atoms with van der Waals surface area (Å²) in [6.07, 6.45) is 2.48. The van der Waals surface area contributed by atoms with E-state index in [9.17, 15) is 51.9 Å². The van der Waals surface area contributed by atoms with Crippen LogP contribution in [0.3, 0.4) is 0 Å². The molecule has 0 saturated carbocycles. The van der Waals surface area contributed by atoms with Crippen LogP contribution in [-0.2, 0) is 40.5 Å². The summed E-state index contributed by atoms with van der Waals surface area (Å²) < 4.78 is 136. The zero-order valence-corrected chi connectivity index (χ0v) is 31.2. The maximum Gasteiger partial charge on any atom is 0.295 e. The summed E-state index contributed by atoms with van der Waals surface area (Å²) in [7, 11) is -18.6. The standard InChI is InChI=1S/C34H26N6O12S4/c41-53(42,43)27-9-5-21-13-29-31(15-23(21)11-27)37-39(35-29)25-7-3-19(33(17-25)55(47,48)49)1-2-20-4-8-26(18-34(20)56(50,51)52)40-36-30-14-22-6-10-28(54(44,45)46)12-24(22)16-32(30)38-40/h1-18,35-38H,(H,41,42,43)(H,44,45,46)(H,47,48,49)(H,50,51,52)/b2-1+. The van der Waals surface area contributed by atoms with Crippen molar-refractivity contribution < 1.29 is 51.9 Å². The van der Waals surface area contributed by atoms with Crippen molar-refractivity contribution in [3.8, 4) is 0 Å². The Labute approximate surface area is 318 Å². The van der Waals surface area contributed by atoms with Gasteiger partial charge in [0.1, 0.15) is 9.79 Å². The van der Waals surface area contributed by atoms with Crippen LogP contribution in [0.1, 0.15) is 11.1 Å². The van der Waals surface area contributed by atoms with Crippen molar-refractivity contribution >= 4 is 108 Å². The predicted molar refractivity (Wildman–Crippen MR) is 208 cm³/mol. The first kappa shape index (κ1) is 37.0. The zero-order valence-electron chi connectivity index (χ0n) is 28.0. The van der Waals surface area contributed by atoms with Gasteiger partial charge in [-0.05, 0) is 105 Å². The molecule has 0 unspecified atom stereocenters. The number of rotatable bonds is 8. The summed E-state index contributed by atoms with van der Waals surface area (Å²) in [6.45, 7) is 0. The number of nitrogens with one attached hydrogen (secondary N) is 4. The van der Waals surface area contributed by atoms with Crippen molar-refractivity contribution in [1.29, 1.82) is 0 Å². The van der Waals surface area contributed by atoms with E-state index in [1.807, 2.05) is 0 Å². The molecule has 2 aliphatic rings. The second-order valence-electron chi connectivity index (χ2n) is 12.6. The van der Waals surface area contributed by atoms with Crippen LogP contribution in [0.2, 0.25) is 0 Å². The van der Waals surface area contributed by atoms with E-state index in [4.69, 9.17) is 0 Å². The van der Waals surface area contributed by atoms with Gasteiger partial charge in [-0.1, -0.05) is 36.4 Å². The van der Waals surface area contributed by atoms with E-state index in [0.29, 0.717) is 44.3 Å². The Kier molecular flexibility index (Phi) is 8.44. The lowest BCUT2D eigenvalue weighted by Gasteiger charge is -2.20. The van der Waals surface area contributed by atoms with Gasteiger partial charge in [-0.2, -0.15) is 43.9 Å². The second-order valence-corrected chi connectivity index (χ2v) is 18.2. The molecule has 2 aliphatic heterocycles. The zero-order chi connectivity index (χ0) is 39.9. The molecule has 6 aromatic carbocycles. The molecular weight excluding hydrogens is 813 g/mol. The van der Waals surface area contributed by atoms with E-state index in [2.05, 4.69) is 21.7 Å². The van der Waals surface area contributed by atoms with Gasteiger partial charge in [0.05, 0.1) is 43.9 Å². The van der Waals surface area contributed by atoms with Crippen molar-refractivity contribution in [2.24, 2.45) is 0 Å². The van der Waals surface area contributed by atoms with Crippen molar-refractivity contribution in [1.82, 2.24) is 0 Å². The van der Waals surface area contributed by atoms with Gasteiger partial charge < -0.3 is 0 Å². The summed E-state index contributed by atoms with van der Waals surface area (Å²) in [4.78, 5) is -1.68. The Balaban J connectivity index is 1.06. The minimum absolute atomic E-state index is 0.0376. The molecule has 22 heteroatoms. The SMILES string of the molecule is O=S(=O)(O)c1ccc2cc3c(cc2c1)NN(c1ccc(/C=C/c2ccc(N4Nc5cc6ccc(S(=O)(=O)O)cc6cc5N4)cc2S(=O)(=O)O)c(S(=O)(=O)O)c1)N3. The number of benzene rings is 6. The fraction of sp³-hybridized carbons (Fsp3) is 0. The number of nitrogens with zero attached hydrogens (tertiary/aromatic N) is 2. The van der Waals surface area contributed by atoms with Gasteiger partial charge in [0.15, 0.2) is 0 Å². The first-order valence-corrected chi connectivity index (χ1v) is 21.7. The van der Waals surface area contributed by atoms with E-state index in [1.54, 1.807) is 24.3 Å². The molecule has 0 amide bonds. The van der Waals surface area contributed by atoms with Crippen LogP contribution in [0.5, 0.6) is 0 Å². The summed E-state index contributed by atoms with van der Waals surface area (Å²) >= 11 is 0. The molecule has 18 nitrogen and oxygen atoms in total. The molecule has 2 heterocycles. The Morgan fingerprint density at radius 3 is 1.05 bits per heavy atom. The Morgan fingerprint density at radius 2 is 0.732 bits per heavy atom. The molecule has 0 bridgehead atoms. The lowest BCUT2D eigenvalue weighted by molar-refractivity contribution is 0.480. The quantitative estimate of drug-likeness (QED) is 0.0694. The third kappa shape index (κ3) is 7.02. The van der Waals surface area contributed by atoms with Gasteiger partial charge >= 0.3 is 0 Å². The molecule has 0 aliphatic carbocycles. The first-order chi connectivity index (χ1) is 26.2. The van der Waals surface area contributed by atoms with Gasteiger partial charge in [0.2, 0.25) is 0 Å². The third-order valence-electron chi connectivity index (χ3n) is 8.93. The summed E-state index contributed by atoms with van der Waals surface area (Å²) in [6, 6.07) is 22.8. The fourth-order valence-corrected chi connectivity index (χ4v) is 8.70. The highest BCUT2D eigenvalue weighted by molar-refractivity contribution is 7.86. The predicted octanol–water partition coefficient (Wildman–Crippen LogP) is 5.50.